The molecule has 0 spiro atoms. The summed E-state index contributed by atoms with van der Waals surface area (Å²) in [5.41, 5.74) is 0. The highest BCUT2D eigenvalue weighted by Gasteiger charge is 2.56. The third-order valence-corrected chi connectivity index (χ3v) is 5.51. The highest BCUT2D eigenvalue weighted by Crippen LogP contribution is 2.20. The van der Waals surface area contributed by atoms with Crippen molar-refractivity contribution in [2.75, 3.05) is 0 Å². The number of hydrogen-bond donors (Lipinski definition) is 0. The molecule has 10 nitrogen and oxygen atoms in total. The maximum absolute atomic E-state index is 12.4. The molecule has 0 aromatic rings. The van der Waals surface area contributed by atoms with Crippen LogP contribution in [0.2, 0.25) is 0 Å². The van der Waals surface area contributed by atoms with Gasteiger partial charge in [0.05, 0.1) is 37.9 Å². The lowest BCUT2D eigenvalue weighted by Gasteiger charge is -2.29. The van der Waals surface area contributed by atoms with Crippen LogP contribution in [0.4, 0.5) is 0 Å². The van der Waals surface area contributed by atoms with E-state index >= 15 is 0 Å². The minimum Gasteiger partial charge on any atom is -0.463 e. The number of hydrogen-bond acceptors (Lipinski definition) is 10. The fraction of sp³-hybridized carbons (Fsp3) is 0.800. The molecule has 0 aliphatic carbocycles. The Hall–Kier alpha value is -1.98. The van der Waals surface area contributed by atoms with Gasteiger partial charge in [0.15, 0.2) is 0 Å². The van der Waals surface area contributed by atoms with E-state index in [2.05, 4.69) is 0 Å². The summed E-state index contributed by atoms with van der Waals surface area (Å²) in [7, 11) is -4.26. The average molecular weight is 465 g/mol. The van der Waals surface area contributed by atoms with E-state index in [4.69, 9.17) is 27.2 Å². The number of rotatable bonds is 14. The van der Waals surface area contributed by atoms with Crippen LogP contribution < -0.4 is 0 Å². The molecular weight excluding hydrogens is 428 g/mol. The van der Waals surface area contributed by atoms with Crippen LogP contribution in [0.25, 0.3) is 0 Å². The topological polar surface area (TPSA) is 124 Å². The zero-order valence-electron chi connectivity index (χ0n) is 19.7. The average Bonchev–Trinajstić information content (AvgIpc) is 2.55. The van der Waals surface area contributed by atoms with E-state index in [-0.39, 0.29) is 37.9 Å². The van der Waals surface area contributed by atoms with Gasteiger partial charge in [-0.3, -0.25) is 19.2 Å². The van der Waals surface area contributed by atoms with Crippen LogP contribution in [0.5, 0.6) is 0 Å². The van der Waals surface area contributed by atoms with Crippen LogP contribution in [0.15, 0.2) is 0 Å². The van der Waals surface area contributed by atoms with Crippen molar-refractivity contribution in [3.63, 3.8) is 0 Å². The van der Waals surface area contributed by atoms with E-state index in [9.17, 15) is 19.2 Å². The van der Waals surface area contributed by atoms with Crippen LogP contribution in [0.1, 0.15) is 81.1 Å². The number of ether oxygens (including phenoxy) is 2. The van der Waals surface area contributed by atoms with Gasteiger partial charge in [-0.25, -0.2) is 0 Å². The predicted octanol–water partition coefficient (Wildman–Crippen LogP) is 2.82. The zero-order valence-corrected chi connectivity index (χ0v) is 20.7. The van der Waals surface area contributed by atoms with Gasteiger partial charge >= 0.3 is 21.0 Å². The molecule has 0 N–H and O–H groups in total. The molecule has 11 heteroatoms. The third kappa shape index (κ3) is 14.6. The summed E-state index contributed by atoms with van der Waals surface area (Å²) in [6.45, 7) is 13.4. The van der Waals surface area contributed by atoms with Crippen molar-refractivity contribution in [2.45, 2.75) is 105 Å². The van der Waals surface area contributed by atoms with Gasteiger partial charge in [-0.15, -0.1) is 0 Å². The van der Waals surface area contributed by atoms with Crippen LogP contribution in [-0.4, -0.2) is 57.3 Å². The third-order valence-electron chi connectivity index (χ3n) is 3.04. The Kier molecular flexibility index (Phi) is 13.2. The molecule has 0 amide bonds. The van der Waals surface area contributed by atoms with Crippen molar-refractivity contribution in [1.82, 2.24) is 0 Å². The van der Waals surface area contributed by atoms with Gasteiger partial charge in [-0.1, -0.05) is 0 Å². The lowest BCUT2D eigenvalue weighted by atomic mass is 10.3. The fourth-order valence-corrected chi connectivity index (χ4v) is 4.36. The van der Waals surface area contributed by atoms with Crippen LogP contribution >= 0.6 is 0 Å². The SMILES string of the molecule is CC(C)OC(=O)CCC(=O)O[Si](OC(=O)CCC(=O)OC(C)C)(OC(C)C)OC(C)C. The molecule has 0 unspecified atom stereocenters. The first-order valence-electron chi connectivity index (χ1n) is 10.4. The minimum atomic E-state index is -4.26. The molecule has 31 heavy (non-hydrogen) atoms. The molecule has 0 aliphatic heterocycles. The van der Waals surface area contributed by atoms with Crippen molar-refractivity contribution in [1.29, 1.82) is 0 Å². The number of esters is 2. The second kappa shape index (κ2) is 14.1. The van der Waals surface area contributed by atoms with Gasteiger partial charge in [0.2, 0.25) is 0 Å². The Morgan fingerprint density at radius 1 is 0.516 bits per heavy atom. The zero-order chi connectivity index (χ0) is 24.2. The van der Waals surface area contributed by atoms with Crippen molar-refractivity contribution >= 4 is 32.9 Å². The first-order chi connectivity index (χ1) is 14.2. The van der Waals surface area contributed by atoms with Crippen LogP contribution in [-0.2, 0) is 46.4 Å². The Bertz CT molecular complexity index is 549. The summed E-state index contributed by atoms with van der Waals surface area (Å²) >= 11 is 0. The second-order valence-electron chi connectivity index (χ2n) is 7.86. The van der Waals surface area contributed by atoms with E-state index in [0.717, 1.165) is 0 Å². The highest BCUT2D eigenvalue weighted by molar-refractivity contribution is 6.57. The standard InChI is InChI=1S/C20H36O10Si/c1-13(2)25-17(21)9-11-19(23)29-31(27-15(5)6,28-16(7)8)30-20(24)12-10-18(22)26-14(3)4/h13-16H,9-12H2,1-8H3. The fourth-order valence-electron chi connectivity index (χ4n) is 2.15. The molecule has 0 fully saturated rings. The molecule has 0 aromatic heterocycles. The van der Waals surface area contributed by atoms with Gasteiger partial charge in [-0.2, -0.15) is 0 Å². The minimum absolute atomic E-state index is 0.208. The van der Waals surface area contributed by atoms with Crippen molar-refractivity contribution in [3.8, 4) is 0 Å². The smallest absolute Gasteiger partial charge is 0.463 e. The van der Waals surface area contributed by atoms with E-state index < -0.39 is 45.1 Å². The Labute approximate surface area is 185 Å². The molecule has 0 saturated heterocycles. The Morgan fingerprint density at radius 2 is 0.806 bits per heavy atom. The summed E-state index contributed by atoms with van der Waals surface area (Å²) in [6.07, 6.45) is -2.64. The van der Waals surface area contributed by atoms with E-state index in [0.29, 0.717) is 0 Å². The van der Waals surface area contributed by atoms with Crippen molar-refractivity contribution in [3.05, 3.63) is 0 Å². The molecule has 0 aromatic carbocycles. The molecule has 0 saturated carbocycles. The molecule has 0 atom stereocenters. The lowest BCUT2D eigenvalue weighted by Crippen LogP contribution is -2.54. The largest absolute Gasteiger partial charge is 0.825 e. The van der Waals surface area contributed by atoms with Crippen LogP contribution in [0, 0.1) is 0 Å². The molecule has 180 valence electrons. The number of carbonyl (C=O) groups is 4. The maximum Gasteiger partial charge on any atom is 0.825 e. The summed E-state index contributed by atoms with van der Waals surface area (Å²) in [5, 5.41) is 0. The van der Waals surface area contributed by atoms with Crippen molar-refractivity contribution < 1.29 is 46.4 Å². The van der Waals surface area contributed by atoms with Gasteiger partial charge < -0.3 is 27.2 Å². The monoisotopic (exact) mass is 464 g/mol. The Balaban J connectivity index is 5.22. The second-order valence-corrected chi connectivity index (χ2v) is 9.74. The predicted molar refractivity (Wildman–Crippen MR) is 111 cm³/mol. The van der Waals surface area contributed by atoms with Crippen molar-refractivity contribution in [2.24, 2.45) is 0 Å². The van der Waals surface area contributed by atoms with Gasteiger partial charge in [0, 0.05) is 12.2 Å². The normalized spacial score (nSPS) is 11.7. The molecule has 0 radical (unpaired) electrons. The molecule has 0 rings (SSSR count). The highest BCUT2D eigenvalue weighted by atomic mass is 28.4. The first-order valence-corrected chi connectivity index (χ1v) is 12.1. The van der Waals surface area contributed by atoms with Gasteiger partial charge in [-0.05, 0) is 55.4 Å². The number of carbonyl (C=O) groups excluding carboxylic acids is 4. The maximum atomic E-state index is 12.4. The molecule has 0 bridgehead atoms. The van der Waals surface area contributed by atoms with Gasteiger partial charge in [0.25, 0.3) is 11.9 Å². The van der Waals surface area contributed by atoms with Gasteiger partial charge in [0.1, 0.15) is 0 Å². The van der Waals surface area contributed by atoms with Crippen LogP contribution in [0.3, 0.4) is 0 Å². The first kappa shape index (κ1) is 29.0. The lowest BCUT2D eigenvalue weighted by molar-refractivity contribution is -0.160. The molecular formula is C20H36O10Si. The van der Waals surface area contributed by atoms with E-state index in [1.165, 1.54) is 0 Å². The molecule has 0 aliphatic rings. The molecule has 0 heterocycles. The summed E-state index contributed by atoms with van der Waals surface area (Å²) in [4.78, 5) is 48.1. The van der Waals surface area contributed by atoms with E-state index in [1.54, 1.807) is 55.4 Å². The quantitative estimate of drug-likeness (QED) is 0.280. The summed E-state index contributed by atoms with van der Waals surface area (Å²) in [6, 6.07) is 0. The summed E-state index contributed by atoms with van der Waals surface area (Å²) in [5.74, 6) is -2.79. The summed E-state index contributed by atoms with van der Waals surface area (Å²) < 4.78 is 31.9. The Morgan fingerprint density at radius 3 is 1.06 bits per heavy atom. The van der Waals surface area contributed by atoms with E-state index in [1.807, 2.05) is 0 Å².